The van der Waals surface area contributed by atoms with Crippen LogP contribution in [0.2, 0.25) is 5.35 Å². The van der Waals surface area contributed by atoms with E-state index >= 15 is 0 Å². The Bertz CT molecular complexity index is 209. The van der Waals surface area contributed by atoms with Crippen molar-refractivity contribution >= 4 is 11.6 Å². The first-order valence-corrected chi connectivity index (χ1v) is 2.84. The highest BCUT2D eigenvalue weighted by atomic mass is 35.5. The van der Waals surface area contributed by atoms with Gasteiger partial charge in [0.15, 0.2) is 5.76 Å². The monoisotopic (exact) mass is 147 g/mol. The Morgan fingerprint density at radius 2 is 2.44 bits per heavy atom. The van der Waals surface area contributed by atoms with Crippen molar-refractivity contribution in [2.24, 2.45) is 0 Å². The van der Waals surface area contributed by atoms with Crippen LogP contribution in [0.3, 0.4) is 0 Å². The summed E-state index contributed by atoms with van der Waals surface area (Å²) in [6, 6.07) is 0. The molecular formula is C5H6ClNO2. The molecule has 1 heterocycles. The molecule has 1 aromatic heterocycles. The fraction of sp³-hybridized carbons (Fsp3) is 0.400. The maximum Gasteiger partial charge on any atom is 0.292 e. The Kier molecular flexibility index (Phi) is 1.73. The van der Waals surface area contributed by atoms with Crippen LogP contribution in [0, 0.1) is 6.92 Å². The Morgan fingerprint density at radius 1 is 1.78 bits per heavy atom. The van der Waals surface area contributed by atoms with Crippen molar-refractivity contribution in [2.45, 2.75) is 13.5 Å². The molecule has 0 aliphatic carbocycles. The fourth-order valence-corrected chi connectivity index (χ4v) is 0.759. The molecule has 0 atom stereocenters. The molecule has 0 amide bonds. The predicted octanol–water partition coefficient (Wildman–Crippen LogP) is 1.13. The molecule has 1 N–H and O–H groups in total. The Morgan fingerprint density at radius 3 is 2.67 bits per heavy atom. The molecular weight excluding hydrogens is 142 g/mol. The highest BCUT2D eigenvalue weighted by Crippen LogP contribution is 2.13. The summed E-state index contributed by atoms with van der Waals surface area (Å²) in [7, 11) is 0. The average molecular weight is 148 g/mol. The van der Waals surface area contributed by atoms with E-state index < -0.39 is 0 Å². The summed E-state index contributed by atoms with van der Waals surface area (Å²) in [4.78, 5) is 3.72. The van der Waals surface area contributed by atoms with Gasteiger partial charge >= 0.3 is 0 Å². The Balaban J connectivity index is 3.01. The van der Waals surface area contributed by atoms with Crippen molar-refractivity contribution in [3.63, 3.8) is 0 Å². The van der Waals surface area contributed by atoms with Gasteiger partial charge in [0.2, 0.25) is 0 Å². The number of aliphatic hydroxyl groups is 1. The second-order valence-corrected chi connectivity index (χ2v) is 1.96. The largest absolute Gasteiger partial charge is 0.430 e. The number of aromatic nitrogens is 1. The first-order chi connectivity index (χ1) is 4.24. The molecule has 1 rings (SSSR count). The third kappa shape index (κ3) is 1.23. The minimum Gasteiger partial charge on any atom is -0.430 e. The zero-order chi connectivity index (χ0) is 6.85. The third-order valence-corrected chi connectivity index (χ3v) is 1.17. The number of hydrogen-bond donors (Lipinski definition) is 1. The van der Waals surface area contributed by atoms with Gasteiger partial charge in [-0.3, -0.25) is 0 Å². The zero-order valence-electron chi connectivity index (χ0n) is 4.89. The van der Waals surface area contributed by atoms with Gasteiger partial charge in [-0.25, -0.2) is 4.98 Å². The van der Waals surface area contributed by atoms with Crippen molar-refractivity contribution < 1.29 is 9.52 Å². The van der Waals surface area contributed by atoms with Crippen LogP contribution in [0.25, 0.3) is 0 Å². The van der Waals surface area contributed by atoms with Crippen molar-refractivity contribution in [1.82, 2.24) is 4.98 Å². The summed E-state index contributed by atoms with van der Waals surface area (Å²) in [6.45, 7) is 1.58. The van der Waals surface area contributed by atoms with E-state index in [-0.39, 0.29) is 12.0 Å². The minimum atomic E-state index is -0.147. The second-order valence-electron chi connectivity index (χ2n) is 1.63. The average Bonchev–Trinajstić information content (AvgIpc) is 2.10. The number of aliphatic hydroxyl groups excluding tert-OH is 1. The van der Waals surface area contributed by atoms with Crippen molar-refractivity contribution in [1.29, 1.82) is 0 Å². The van der Waals surface area contributed by atoms with E-state index in [9.17, 15) is 0 Å². The fourth-order valence-electron chi connectivity index (χ4n) is 0.539. The van der Waals surface area contributed by atoms with E-state index in [0.717, 1.165) is 0 Å². The minimum absolute atomic E-state index is 0.0801. The molecule has 0 aliphatic heterocycles. The van der Waals surface area contributed by atoms with Crippen LogP contribution in [-0.4, -0.2) is 10.1 Å². The quantitative estimate of drug-likeness (QED) is 0.648. The lowest BCUT2D eigenvalue weighted by Crippen LogP contribution is -1.81. The summed E-state index contributed by atoms with van der Waals surface area (Å²) in [6.07, 6.45) is 0. The van der Waals surface area contributed by atoms with Gasteiger partial charge in [-0.15, -0.1) is 0 Å². The van der Waals surface area contributed by atoms with Crippen molar-refractivity contribution in [3.05, 3.63) is 16.8 Å². The van der Waals surface area contributed by atoms with Crippen LogP contribution in [0.1, 0.15) is 11.5 Å². The smallest absolute Gasteiger partial charge is 0.292 e. The SMILES string of the molecule is Cc1nc(Cl)oc1CO. The molecule has 0 fully saturated rings. The van der Waals surface area contributed by atoms with Gasteiger partial charge in [-0.2, -0.15) is 0 Å². The molecule has 0 radical (unpaired) electrons. The first kappa shape index (κ1) is 6.58. The van der Waals surface area contributed by atoms with E-state index in [4.69, 9.17) is 21.1 Å². The highest BCUT2D eigenvalue weighted by molar-refractivity contribution is 6.27. The predicted molar refractivity (Wildman–Crippen MR) is 32.2 cm³/mol. The maximum atomic E-state index is 8.54. The standard InChI is InChI=1S/C5H6ClNO2/c1-3-4(2-8)9-5(6)7-3/h8H,2H2,1H3. The number of rotatable bonds is 1. The van der Waals surface area contributed by atoms with E-state index in [1.807, 2.05) is 0 Å². The van der Waals surface area contributed by atoms with Gasteiger partial charge in [-0.1, -0.05) is 0 Å². The number of nitrogens with zero attached hydrogens (tertiary/aromatic N) is 1. The number of aryl methyl sites for hydroxylation is 1. The molecule has 50 valence electrons. The first-order valence-electron chi connectivity index (χ1n) is 2.46. The van der Waals surface area contributed by atoms with Crippen LogP contribution >= 0.6 is 11.6 Å². The zero-order valence-corrected chi connectivity index (χ0v) is 5.64. The van der Waals surface area contributed by atoms with Gasteiger partial charge in [0.1, 0.15) is 6.61 Å². The molecule has 0 unspecified atom stereocenters. The maximum absolute atomic E-state index is 8.54. The molecule has 0 bridgehead atoms. The molecule has 1 aromatic rings. The van der Waals surface area contributed by atoms with Crippen LogP contribution in [-0.2, 0) is 6.61 Å². The number of hydrogen-bond acceptors (Lipinski definition) is 3. The molecule has 0 spiro atoms. The van der Waals surface area contributed by atoms with E-state index in [0.29, 0.717) is 11.5 Å². The lowest BCUT2D eigenvalue weighted by molar-refractivity contribution is 0.246. The lowest BCUT2D eigenvalue weighted by atomic mass is 10.4. The van der Waals surface area contributed by atoms with Crippen molar-refractivity contribution in [2.75, 3.05) is 0 Å². The summed E-state index contributed by atoms with van der Waals surface area (Å²) in [5.74, 6) is 0.431. The molecule has 9 heavy (non-hydrogen) atoms. The van der Waals surface area contributed by atoms with Gasteiger partial charge < -0.3 is 9.52 Å². The molecule has 0 aromatic carbocycles. The van der Waals surface area contributed by atoms with Gasteiger partial charge in [0.05, 0.1) is 5.69 Å². The van der Waals surface area contributed by atoms with E-state index in [2.05, 4.69) is 4.98 Å². The lowest BCUT2D eigenvalue weighted by Gasteiger charge is -1.84. The summed E-state index contributed by atoms with van der Waals surface area (Å²) >= 11 is 5.36. The molecule has 0 aliphatic rings. The molecule has 0 saturated heterocycles. The summed E-state index contributed by atoms with van der Waals surface area (Å²) in [5.41, 5.74) is 0.641. The summed E-state index contributed by atoms with van der Waals surface area (Å²) in [5, 5.41) is 8.62. The Labute approximate surface area is 57.3 Å². The van der Waals surface area contributed by atoms with Crippen LogP contribution < -0.4 is 0 Å². The van der Waals surface area contributed by atoms with Gasteiger partial charge in [0, 0.05) is 0 Å². The molecule has 4 heteroatoms. The molecule has 0 saturated carbocycles. The van der Waals surface area contributed by atoms with E-state index in [1.165, 1.54) is 0 Å². The normalized spacial score (nSPS) is 10.1. The van der Waals surface area contributed by atoms with Crippen LogP contribution in [0.15, 0.2) is 4.42 Å². The number of halogens is 1. The molecule has 3 nitrogen and oxygen atoms in total. The topological polar surface area (TPSA) is 46.3 Å². The van der Waals surface area contributed by atoms with Crippen LogP contribution in [0.5, 0.6) is 0 Å². The van der Waals surface area contributed by atoms with Gasteiger partial charge in [0.25, 0.3) is 5.35 Å². The summed E-state index contributed by atoms with van der Waals surface area (Å²) < 4.78 is 4.77. The van der Waals surface area contributed by atoms with Crippen molar-refractivity contribution in [3.8, 4) is 0 Å². The third-order valence-electron chi connectivity index (χ3n) is 1.01. The van der Waals surface area contributed by atoms with Gasteiger partial charge in [-0.05, 0) is 18.5 Å². The van der Waals surface area contributed by atoms with E-state index in [1.54, 1.807) is 6.92 Å². The Hall–Kier alpha value is -0.540. The second kappa shape index (κ2) is 2.37. The van der Waals surface area contributed by atoms with Crippen LogP contribution in [0.4, 0.5) is 0 Å². The highest BCUT2D eigenvalue weighted by Gasteiger charge is 2.04. The number of oxazole rings is 1.